The lowest BCUT2D eigenvalue weighted by Gasteiger charge is -2.09. The summed E-state index contributed by atoms with van der Waals surface area (Å²) in [5, 5.41) is 2.63. The molecular formula is C13H9FN2O2S2. The van der Waals surface area contributed by atoms with E-state index in [0.29, 0.717) is 22.1 Å². The number of amides is 2. The van der Waals surface area contributed by atoms with Crippen molar-refractivity contribution in [3.8, 4) is 0 Å². The highest BCUT2D eigenvalue weighted by molar-refractivity contribution is 8.26. The molecular weight excluding hydrogens is 299 g/mol. The lowest BCUT2D eigenvalue weighted by atomic mass is 10.1. The molecule has 1 saturated heterocycles. The molecule has 1 fully saturated rings. The van der Waals surface area contributed by atoms with Crippen molar-refractivity contribution in [3.63, 3.8) is 0 Å². The van der Waals surface area contributed by atoms with Crippen molar-refractivity contribution in [1.82, 2.24) is 4.90 Å². The van der Waals surface area contributed by atoms with Crippen molar-refractivity contribution in [1.29, 1.82) is 0 Å². The van der Waals surface area contributed by atoms with Gasteiger partial charge in [0.25, 0.3) is 11.8 Å². The molecule has 0 radical (unpaired) electrons. The molecule has 0 spiro atoms. The Morgan fingerprint density at radius 1 is 1.40 bits per heavy atom. The number of anilines is 1. The molecule has 0 unspecified atom stereocenters. The van der Waals surface area contributed by atoms with Crippen LogP contribution in [-0.2, 0) is 9.59 Å². The number of hydrogen-bond acceptors (Lipinski definition) is 4. The smallest absolute Gasteiger partial charge is 0.266 e. The van der Waals surface area contributed by atoms with Gasteiger partial charge in [-0.1, -0.05) is 24.0 Å². The number of carbonyl (C=O) groups excluding carboxylic acids is 2. The van der Waals surface area contributed by atoms with E-state index in [4.69, 9.17) is 12.2 Å². The minimum atomic E-state index is -0.455. The zero-order valence-corrected chi connectivity index (χ0v) is 12.0. The van der Waals surface area contributed by atoms with E-state index in [9.17, 15) is 14.0 Å². The van der Waals surface area contributed by atoms with Crippen LogP contribution in [0.2, 0.25) is 0 Å². The molecule has 0 aliphatic carbocycles. The van der Waals surface area contributed by atoms with Crippen molar-refractivity contribution >= 4 is 51.4 Å². The number of nitrogens with one attached hydrogen (secondary N) is 1. The fraction of sp³-hybridized carbons (Fsp3) is 0.154. The van der Waals surface area contributed by atoms with Crippen molar-refractivity contribution < 1.29 is 14.0 Å². The first-order valence-electron chi connectivity index (χ1n) is 5.92. The van der Waals surface area contributed by atoms with Crippen LogP contribution in [0.4, 0.5) is 10.1 Å². The minimum Gasteiger partial charge on any atom is -0.321 e. The van der Waals surface area contributed by atoms with Crippen molar-refractivity contribution in [3.05, 3.63) is 34.5 Å². The second-order valence-corrected chi connectivity index (χ2v) is 5.91. The fourth-order valence-electron chi connectivity index (χ4n) is 2.19. The maximum absolute atomic E-state index is 13.4. The highest BCUT2D eigenvalue weighted by atomic mass is 32.2. The van der Waals surface area contributed by atoms with Gasteiger partial charge in [0, 0.05) is 17.8 Å². The number of thioether (sulfide) groups is 1. The highest BCUT2D eigenvalue weighted by Crippen LogP contribution is 2.42. The number of carbonyl (C=O) groups is 2. The third-order valence-electron chi connectivity index (χ3n) is 3.12. The van der Waals surface area contributed by atoms with Gasteiger partial charge in [0.2, 0.25) is 0 Å². The SMILES string of the molecule is CCN1C(=O)/C(=C2/C(=O)Nc3ccc(F)cc32)SC1=S. The van der Waals surface area contributed by atoms with Crippen LogP contribution in [0.5, 0.6) is 0 Å². The molecule has 1 N–H and O–H groups in total. The Hall–Kier alpha value is -1.73. The molecule has 2 heterocycles. The molecule has 3 rings (SSSR count). The Kier molecular flexibility index (Phi) is 3.10. The van der Waals surface area contributed by atoms with Crippen LogP contribution in [0.3, 0.4) is 0 Å². The maximum Gasteiger partial charge on any atom is 0.266 e. The predicted molar refractivity (Wildman–Crippen MR) is 79.5 cm³/mol. The van der Waals surface area contributed by atoms with Gasteiger partial charge in [-0.05, 0) is 25.1 Å². The van der Waals surface area contributed by atoms with Gasteiger partial charge in [0.15, 0.2) is 0 Å². The van der Waals surface area contributed by atoms with E-state index in [1.54, 1.807) is 6.92 Å². The second kappa shape index (κ2) is 4.68. The largest absolute Gasteiger partial charge is 0.321 e. The van der Waals surface area contributed by atoms with Gasteiger partial charge in [0.05, 0.1) is 10.5 Å². The van der Waals surface area contributed by atoms with Crippen molar-refractivity contribution in [2.45, 2.75) is 6.92 Å². The van der Waals surface area contributed by atoms with Crippen LogP contribution in [0.25, 0.3) is 5.57 Å². The fourth-order valence-corrected chi connectivity index (χ4v) is 3.65. The van der Waals surface area contributed by atoms with Crippen LogP contribution < -0.4 is 5.32 Å². The number of fused-ring (bicyclic) bond motifs is 1. The van der Waals surface area contributed by atoms with E-state index in [1.807, 2.05) is 0 Å². The zero-order valence-electron chi connectivity index (χ0n) is 10.4. The number of rotatable bonds is 1. The lowest BCUT2D eigenvalue weighted by Crippen LogP contribution is -2.27. The minimum absolute atomic E-state index is 0.202. The molecule has 0 aromatic heterocycles. The first-order chi connectivity index (χ1) is 9.52. The predicted octanol–water partition coefficient (Wildman–Crippen LogP) is 2.37. The average Bonchev–Trinajstić information content (AvgIpc) is 2.85. The Balaban J connectivity index is 2.18. The molecule has 102 valence electrons. The quantitative estimate of drug-likeness (QED) is 0.639. The molecule has 2 aliphatic rings. The Morgan fingerprint density at radius 3 is 2.80 bits per heavy atom. The molecule has 0 bridgehead atoms. The van der Waals surface area contributed by atoms with Crippen LogP contribution >= 0.6 is 24.0 Å². The molecule has 20 heavy (non-hydrogen) atoms. The third kappa shape index (κ3) is 1.85. The molecule has 1 aromatic carbocycles. The molecule has 2 aliphatic heterocycles. The lowest BCUT2D eigenvalue weighted by molar-refractivity contribution is -0.122. The van der Waals surface area contributed by atoms with E-state index in [1.165, 1.54) is 23.1 Å². The summed E-state index contributed by atoms with van der Waals surface area (Å²) in [5.74, 6) is -1.16. The van der Waals surface area contributed by atoms with E-state index in [2.05, 4.69) is 5.32 Å². The summed E-state index contributed by atoms with van der Waals surface area (Å²) in [7, 11) is 0. The van der Waals surface area contributed by atoms with Gasteiger partial charge in [0.1, 0.15) is 10.1 Å². The summed E-state index contributed by atoms with van der Waals surface area (Å²) in [4.78, 5) is 26.0. The standard InChI is InChI=1S/C13H9FN2O2S2/c1-2-16-12(18)10(20-13(16)19)9-7-5-6(14)3-4-8(7)15-11(9)17/h3-5H,2H2,1H3,(H,15,17)/b10-9-. The van der Waals surface area contributed by atoms with Crippen LogP contribution in [-0.4, -0.2) is 27.6 Å². The van der Waals surface area contributed by atoms with Gasteiger partial charge < -0.3 is 5.32 Å². The van der Waals surface area contributed by atoms with Gasteiger partial charge in [-0.3, -0.25) is 14.5 Å². The number of benzene rings is 1. The number of nitrogens with zero attached hydrogens (tertiary/aromatic N) is 1. The van der Waals surface area contributed by atoms with Gasteiger partial charge in [-0.15, -0.1) is 0 Å². The number of hydrogen-bond donors (Lipinski definition) is 1. The summed E-state index contributed by atoms with van der Waals surface area (Å²) < 4.78 is 13.8. The maximum atomic E-state index is 13.4. The summed E-state index contributed by atoms with van der Waals surface area (Å²) in [5.41, 5.74) is 1.12. The van der Waals surface area contributed by atoms with Gasteiger partial charge >= 0.3 is 0 Å². The van der Waals surface area contributed by atoms with Crippen molar-refractivity contribution in [2.24, 2.45) is 0 Å². The molecule has 7 heteroatoms. The van der Waals surface area contributed by atoms with Crippen LogP contribution in [0.15, 0.2) is 23.1 Å². The number of halogens is 1. The van der Waals surface area contributed by atoms with Crippen molar-refractivity contribution in [2.75, 3.05) is 11.9 Å². The number of thiocarbonyl (C=S) groups is 1. The van der Waals surface area contributed by atoms with E-state index >= 15 is 0 Å². The third-order valence-corrected chi connectivity index (χ3v) is 4.57. The Morgan fingerprint density at radius 2 is 2.15 bits per heavy atom. The van der Waals surface area contributed by atoms with E-state index in [-0.39, 0.29) is 16.4 Å². The Labute approximate surface area is 124 Å². The average molecular weight is 308 g/mol. The molecule has 0 atom stereocenters. The summed E-state index contributed by atoms with van der Waals surface area (Å²) >= 11 is 6.20. The molecule has 0 saturated carbocycles. The van der Waals surface area contributed by atoms with E-state index < -0.39 is 11.7 Å². The van der Waals surface area contributed by atoms with E-state index in [0.717, 1.165) is 11.8 Å². The second-order valence-electron chi connectivity index (χ2n) is 4.27. The highest BCUT2D eigenvalue weighted by Gasteiger charge is 2.38. The summed E-state index contributed by atoms with van der Waals surface area (Å²) in [6.45, 7) is 2.25. The van der Waals surface area contributed by atoms with Crippen LogP contribution in [0, 0.1) is 5.82 Å². The van der Waals surface area contributed by atoms with Gasteiger partial charge in [-0.25, -0.2) is 4.39 Å². The monoisotopic (exact) mass is 308 g/mol. The van der Waals surface area contributed by atoms with Gasteiger partial charge in [-0.2, -0.15) is 0 Å². The Bertz CT molecular complexity index is 700. The molecule has 2 amide bonds. The summed E-state index contributed by atoms with van der Waals surface area (Å²) in [6, 6.07) is 4.00. The first kappa shape index (κ1) is 13.3. The molecule has 1 aromatic rings. The van der Waals surface area contributed by atoms with Crippen LogP contribution in [0.1, 0.15) is 12.5 Å². The number of likely N-dealkylation sites (N-methyl/N-ethyl adjacent to an activating group) is 1. The topological polar surface area (TPSA) is 49.4 Å². The molecule has 4 nitrogen and oxygen atoms in total. The first-order valence-corrected chi connectivity index (χ1v) is 7.14. The normalized spacial score (nSPS) is 21.5. The summed E-state index contributed by atoms with van der Waals surface area (Å²) in [6.07, 6.45) is 0. The zero-order chi connectivity index (χ0) is 14.4.